The SMILES string of the molecule is Oc1cc(NCC(O)CCl)ccc1C(F)(F)F. The van der Waals surface area contributed by atoms with Crippen LogP contribution in [0.2, 0.25) is 0 Å². The molecule has 0 fully saturated rings. The summed E-state index contributed by atoms with van der Waals surface area (Å²) in [6.45, 7) is 0.0916. The van der Waals surface area contributed by atoms with Crippen molar-refractivity contribution in [3.05, 3.63) is 23.8 Å². The molecule has 1 aromatic rings. The molecule has 0 radical (unpaired) electrons. The average Bonchev–Trinajstić information content (AvgIpc) is 2.24. The van der Waals surface area contributed by atoms with Gasteiger partial charge < -0.3 is 15.5 Å². The Labute approximate surface area is 101 Å². The Balaban J connectivity index is 2.76. The third-order valence-corrected chi connectivity index (χ3v) is 2.38. The molecular formula is C10H11ClF3NO2. The number of aliphatic hydroxyl groups is 1. The highest BCUT2D eigenvalue weighted by molar-refractivity contribution is 6.18. The number of halogens is 4. The maximum absolute atomic E-state index is 12.3. The van der Waals surface area contributed by atoms with E-state index in [0.717, 1.165) is 12.1 Å². The lowest BCUT2D eigenvalue weighted by molar-refractivity contribution is -0.138. The quantitative estimate of drug-likeness (QED) is 0.736. The molecule has 0 aliphatic carbocycles. The van der Waals surface area contributed by atoms with Crippen molar-refractivity contribution in [3.8, 4) is 5.75 Å². The van der Waals surface area contributed by atoms with E-state index in [2.05, 4.69) is 5.32 Å². The van der Waals surface area contributed by atoms with E-state index in [4.69, 9.17) is 16.7 Å². The molecule has 96 valence electrons. The predicted molar refractivity (Wildman–Crippen MR) is 58.3 cm³/mol. The van der Waals surface area contributed by atoms with Gasteiger partial charge in [0.25, 0.3) is 0 Å². The Morgan fingerprint density at radius 1 is 1.35 bits per heavy atom. The van der Waals surface area contributed by atoms with Gasteiger partial charge in [0.1, 0.15) is 5.75 Å². The van der Waals surface area contributed by atoms with E-state index in [9.17, 15) is 18.3 Å². The van der Waals surface area contributed by atoms with Crippen LogP contribution in [-0.4, -0.2) is 28.7 Å². The number of phenols is 1. The van der Waals surface area contributed by atoms with Gasteiger partial charge in [-0.3, -0.25) is 0 Å². The highest BCUT2D eigenvalue weighted by atomic mass is 35.5. The van der Waals surface area contributed by atoms with Crippen molar-refractivity contribution in [2.24, 2.45) is 0 Å². The summed E-state index contributed by atoms with van der Waals surface area (Å²) in [6.07, 6.45) is -5.39. The van der Waals surface area contributed by atoms with Crippen molar-refractivity contribution in [2.75, 3.05) is 17.7 Å². The minimum atomic E-state index is -4.59. The van der Waals surface area contributed by atoms with E-state index in [-0.39, 0.29) is 18.1 Å². The lowest BCUT2D eigenvalue weighted by Gasteiger charge is -2.13. The second-order valence-electron chi connectivity index (χ2n) is 3.42. The Bertz CT molecular complexity index is 384. The number of hydrogen-bond acceptors (Lipinski definition) is 3. The highest BCUT2D eigenvalue weighted by Crippen LogP contribution is 2.36. The molecule has 0 bridgehead atoms. The first-order valence-corrected chi connectivity index (χ1v) is 5.26. The second-order valence-corrected chi connectivity index (χ2v) is 3.73. The van der Waals surface area contributed by atoms with Crippen LogP contribution >= 0.6 is 11.6 Å². The summed E-state index contributed by atoms with van der Waals surface area (Å²) < 4.78 is 36.9. The Hall–Kier alpha value is -1.14. The van der Waals surface area contributed by atoms with Crippen molar-refractivity contribution in [1.29, 1.82) is 0 Å². The fraction of sp³-hybridized carbons (Fsp3) is 0.400. The number of alkyl halides is 4. The molecule has 0 aliphatic heterocycles. The van der Waals surface area contributed by atoms with Crippen molar-refractivity contribution in [1.82, 2.24) is 0 Å². The van der Waals surface area contributed by atoms with Crippen molar-refractivity contribution in [3.63, 3.8) is 0 Å². The van der Waals surface area contributed by atoms with Crippen LogP contribution in [0.1, 0.15) is 5.56 Å². The molecule has 17 heavy (non-hydrogen) atoms. The molecule has 0 spiro atoms. The van der Waals surface area contributed by atoms with Gasteiger partial charge in [0.15, 0.2) is 0 Å². The summed E-state index contributed by atoms with van der Waals surface area (Å²) in [5.74, 6) is -0.845. The number of anilines is 1. The summed E-state index contributed by atoms with van der Waals surface area (Å²) in [7, 11) is 0. The second kappa shape index (κ2) is 5.46. The number of rotatable bonds is 4. The summed E-state index contributed by atoms with van der Waals surface area (Å²) in [5, 5.41) is 21.0. The summed E-state index contributed by atoms with van der Waals surface area (Å²) in [5.41, 5.74) is -0.819. The van der Waals surface area contributed by atoms with E-state index >= 15 is 0 Å². The fourth-order valence-electron chi connectivity index (χ4n) is 1.17. The smallest absolute Gasteiger partial charge is 0.419 e. The summed E-state index contributed by atoms with van der Waals surface area (Å²) in [6, 6.07) is 2.89. The van der Waals surface area contributed by atoms with E-state index in [1.807, 2.05) is 0 Å². The molecule has 1 atom stereocenters. The van der Waals surface area contributed by atoms with Crippen LogP contribution in [-0.2, 0) is 6.18 Å². The normalized spacial score (nSPS) is 13.5. The average molecular weight is 270 g/mol. The van der Waals surface area contributed by atoms with Gasteiger partial charge in [-0.2, -0.15) is 13.2 Å². The minimum Gasteiger partial charge on any atom is -0.507 e. The van der Waals surface area contributed by atoms with Gasteiger partial charge in [-0.25, -0.2) is 0 Å². The Morgan fingerprint density at radius 2 is 2.00 bits per heavy atom. The zero-order valence-electron chi connectivity index (χ0n) is 8.63. The molecule has 1 aromatic carbocycles. The van der Waals surface area contributed by atoms with Crippen molar-refractivity contribution < 1.29 is 23.4 Å². The maximum Gasteiger partial charge on any atom is 0.419 e. The number of phenolic OH excluding ortho intramolecular Hbond substituents is 1. The van der Waals surface area contributed by atoms with Crippen LogP contribution in [0.25, 0.3) is 0 Å². The molecule has 0 aliphatic rings. The third-order valence-electron chi connectivity index (χ3n) is 2.02. The largest absolute Gasteiger partial charge is 0.507 e. The standard InChI is InChI=1S/C10H11ClF3NO2/c11-4-7(16)5-15-6-1-2-8(9(17)3-6)10(12,13)14/h1-3,7,15-17H,4-5H2. The van der Waals surface area contributed by atoms with Crippen LogP contribution in [0.5, 0.6) is 5.75 Å². The molecule has 3 N–H and O–H groups in total. The summed E-state index contributed by atoms with van der Waals surface area (Å²) >= 11 is 5.35. The van der Waals surface area contributed by atoms with E-state index in [1.165, 1.54) is 6.07 Å². The van der Waals surface area contributed by atoms with Crippen molar-refractivity contribution >= 4 is 17.3 Å². The lowest BCUT2D eigenvalue weighted by Crippen LogP contribution is -2.20. The monoisotopic (exact) mass is 269 g/mol. The first-order chi connectivity index (χ1) is 7.84. The molecule has 7 heteroatoms. The van der Waals surface area contributed by atoms with Gasteiger partial charge >= 0.3 is 6.18 Å². The third kappa shape index (κ3) is 3.98. The number of aromatic hydroxyl groups is 1. The first kappa shape index (κ1) is 13.9. The first-order valence-electron chi connectivity index (χ1n) is 4.72. The molecule has 0 heterocycles. The molecule has 0 amide bonds. The topological polar surface area (TPSA) is 52.5 Å². The maximum atomic E-state index is 12.3. The van der Waals surface area contributed by atoms with Gasteiger partial charge in [-0.05, 0) is 12.1 Å². The van der Waals surface area contributed by atoms with E-state index in [0.29, 0.717) is 0 Å². The Kier molecular flexibility index (Phi) is 4.47. The number of hydrogen-bond donors (Lipinski definition) is 3. The van der Waals surface area contributed by atoms with E-state index in [1.54, 1.807) is 0 Å². The highest BCUT2D eigenvalue weighted by Gasteiger charge is 2.33. The molecule has 1 rings (SSSR count). The minimum absolute atomic E-state index is 0.0135. The molecule has 3 nitrogen and oxygen atoms in total. The van der Waals surface area contributed by atoms with Crippen LogP contribution in [0.4, 0.5) is 18.9 Å². The molecular weight excluding hydrogens is 259 g/mol. The van der Waals surface area contributed by atoms with Gasteiger partial charge in [0.05, 0.1) is 17.5 Å². The van der Waals surface area contributed by atoms with Gasteiger partial charge in [0, 0.05) is 18.3 Å². The molecule has 0 aromatic heterocycles. The van der Waals surface area contributed by atoms with Crippen LogP contribution < -0.4 is 5.32 Å². The van der Waals surface area contributed by atoms with Gasteiger partial charge in [-0.15, -0.1) is 11.6 Å². The zero-order valence-corrected chi connectivity index (χ0v) is 9.39. The molecule has 0 saturated heterocycles. The number of benzene rings is 1. The number of nitrogens with one attached hydrogen (secondary N) is 1. The van der Waals surface area contributed by atoms with Gasteiger partial charge in [0.2, 0.25) is 0 Å². The molecule has 1 unspecified atom stereocenters. The van der Waals surface area contributed by atoms with Crippen LogP contribution in [0.15, 0.2) is 18.2 Å². The number of aliphatic hydroxyl groups excluding tert-OH is 1. The predicted octanol–water partition coefficient (Wildman–Crippen LogP) is 2.42. The van der Waals surface area contributed by atoms with Crippen LogP contribution in [0.3, 0.4) is 0 Å². The Morgan fingerprint density at radius 3 is 2.47 bits per heavy atom. The summed E-state index contributed by atoms with van der Waals surface area (Å²) in [4.78, 5) is 0. The lowest BCUT2D eigenvalue weighted by atomic mass is 10.1. The van der Waals surface area contributed by atoms with E-state index < -0.39 is 23.6 Å². The van der Waals surface area contributed by atoms with Crippen LogP contribution in [0, 0.1) is 0 Å². The molecule has 0 saturated carbocycles. The zero-order chi connectivity index (χ0) is 13.1. The van der Waals surface area contributed by atoms with Gasteiger partial charge in [-0.1, -0.05) is 0 Å². The fourth-order valence-corrected chi connectivity index (χ4v) is 1.28. The van der Waals surface area contributed by atoms with Crippen molar-refractivity contribution in [2.45, 2.75) is 12.3 Å².